The van der Waals surface area contributed by atoms with Crippen LogP contribution in [0.3, 0.4) is 0 Å². The summed E-state index contributed by atoms with van der Waals surface area (Å²) in [6, 6.07) is 17.9. The molecule has 8 heteroatoms. The third kappa shape index (κ3) is 13.0. The van der Waals surface area contributed by atoms with E-state index in [1.54, 1.807) is 0 Å². The van der Waals surface area contributed by atoms with Gasteiger partial charge in [0.25, 0.3) is 0 Å². The molecule has 304 valence electrons. The zero-order valence-electron chi connectivity index (χ0n) is 33.9. The van der Waals surface area contributed by atoms with Gasteiger partial charge >= 0.3 is 0 Å². The zero-order valence-corrected chi connectivity index (χ0v) is 40.2. The second kappa shape index (κ2) is 23.6. The van der Waals surface area contributed by atoms with Crippen molar-refractivity contribution < 1.29 is 18.9 Å². The highest BCUT2D eigenvalue weighted by Crippen LogP contribution is 2.42. The lowest BCUT2D eigenvalue weighted by atomic mass is 9.91. The lowest BCUT2D eigenvalue weighted by Gasteiger charge is -2.24. The van der Waals surface area contributed by atoms with Gasteiger partial charge in [-0.2, -0.15) is 0 Å². The van der Waals surface area contributed by atoms with E-state index < -0.39 is 0 Å². The Bertz CT molecular complexity index is 1510. The van der Waals surface area contributed by atoms with E-state index in [-0.39, 0.29) is 0 Å². The van der Waals surface area contributed by atoms with Gasteiger partial charge in [0.15, 0.2) is 0 Å². The van der Waals surface area contributed by atoms with Crippen LogP contribution in [0.15, 0.2) is 66.4 Å². The summed E-state index contributed by atoms with van der Waals surface area (Å²) in [4.78, 5) is 0. The van der Waals surface area contributed by atoms with Crippen molar-refractivity contribution in [2.24, 2.45) is 0 Å². The molecule has 0 unspecified atom stereocenters. The summed E-state index contributed by atoms with van der Waals surface area (Å²) in [5, 5.41) is 0. The van der Waals surface area contributed by atoms with Crippen LogP contribution in [0.4, 0.5) is 0 Å². The number of benzene rings is 4. The van der Waals surface area contributed by atoms with Crippen LogP contribution in [0.5, 0.6) is 23.0 Å². The quantitative estimate of drug-likeness (QED) is 0.0728. The topological polar surface area (TPSA) is 36.9 Å². The van der Waals surface area contributed by atoms with Crippen molar-refractivity contribution in [2.75, 3.05) is 26.4 Å². The molecule has 1 aliphatic rings. The minimum absolute atomic E-state index is 0.666. The van der Waals surface area contributed by atoms with Crippen molar-refractivity contribution >= 4 is 63.7 Å². The van der Waals surface area contributed by atoms with Crippen molar-refractivity contribution in [1.29, 1.82) is 0 Å². The number of hydrogen-bond acceptors (Lipinski definition) is 4. The van der Waals surface area contributed by atoms with Crippen LogP contribution in [-0.4, -0.2) is 26.4 Å². The monoisotopic (exact) mass is 1020 g/mol. The molecule has 0 atom stereocenters. The average Bonchev–Trinajstić information content (AvgIpc) is 3.15. The zero-order chi connectivity index (χ0) is 39.9. The molecule has 4 aromatic carbocycles. The summed E-state index contributed by atoms with van der Waals surface area (Å²) in [6.07, 6.45) is 15.9. The molecule has 0 saturated heterocycles. The third-order valence-electron chi connectivity index (χ3n) is 10.3. The molecule has 4 aromatic rings. The summed E-state index contributed by atoms with van der Waals surface area (Å²) >= 11 is 15.7. The molecule has 1 aliphatic carbocycles. The first-order valence-corrected chi connectivity index (χ1v) is 24.2. The normalized spacial score (nSPS) is 12.4. The van der Waals surface area contributed by atoms with Crippen LogP contribution in [0.25, 0.3) is 0 Å². The van der Waals surface area contributed by atoms with Crippen LogP contribution in [0, 0.1) is 0 Å². The molecule has 0 N–H and O–H groups in total. The van der Waals surface area contributed by atoms with Crippen LogP contribution >= 0.6 is 63.7 Å². The van der Waals surface area contributed by atoms with Crippen molar-refractivity contribution in [3.63, 3.8) is 0 Å². The smallest absolute Gasteiger partial charge is 0.126 e. The first-order chi connectivity index (χ1) is 27.2. The molecule has 0 aliphatic heterocycles. The Labute approximate surface area is 370 Å². The van der Waals surface area contributed by atoms with Gasteiger partial charge in [-0.3, -0.25) is 0 Å². The van der Waals surface area contributed by atoms with E-state index in [9.17, 15) is 0 Å². The number of rotatable bonds is 20. The van der Waals surface area contributed by atoms with E-state index in [4.69, 9.17) is 18.9 Å². The second-order valence-electron chi connectivity index (χ2n) is 15.1. The lowest BCUT2D eigenvalue weighted by Crippen LogP contribution is -2.11. The second-order valence-corrected chi connectivity index (χ2v) is 18.8. The fraction of sp³-hybridized carbons (Fsp3) is 0.500. The summed E-state index contributed by atoms with van der Waals surface area (Å²) in [5.74, 6) is 3.85. The Kier molecular flexibility index (Phi) is 19.0. The summed E-state index contributed by atoms with van der Waals surface area (Å²) in [6.45, 7) is 11.6. The molecule has 4 nitrogen and oxygen atoms in total. The van der Waals surface area contributed by atoms with E-state index in [1.165, 1.54) is 0 Å². The third-order valence-corrected chi connectivity index (χ3v) is 12.2. The predicted molar refractivity (Wildman–Crippen MR) is 248 cm³/mol. The van der Waals surface area contributed by atoms with Crippen LogP contribution in [0.1, 0.15) is 149 Å². The highest BCUT2D eigenvalue weighted by Gasteiger charge is 2.24. The van der Waals surface area contributed by atoms with Gasteiger partial charge in [0, 0.05) is 88.1 Å². The standard InChI is InChI=1S/C48H60Br4O4/c1-5-9-13-17-53-45-33-21-35-27-42(50)29-37(46(35)54-18-14-10-6-2)23-39-31-44(52)32-40(48(39)56-20-16-12-8-4)24-38-30-43(51)28-36(22-34(45)26-41(49)25-33)47(38)55-19-15-11-7-3/h25-32H,5-24H2,1-4H3. The van der Waals surface area contributed by atoms with Crippen molar-refractivity contribution in [3.05, 3.63) is 111 Å². The fourth-order valence-corrected chi connectivity index (χ4v) is 9.78. The predicted octanol–water partition coefficient (Wildman–Crippen LogP) is 15.7. The maximum absolute atomic E-state index is 6.85. The maximum atomic E-state index is 6.85. The van der Waals surface area contributed by atoms with Crippen molar-refractivity contribution in [1.82, 2.24) is 0 Å². The molecule has 56 heavy (non-hydrogen) atoms. The van der Waals surface area contributed by atoms with Gasteiger partial charge in [-0.1, -0.05) is 143 Å². The minimum atomic E-state index is 0.666. The molecule has 0 saturated carbocycles. The molecular formula is C48H60Br4O4. The van der Waals surface area contributed by atoms with E-state index in [0.29, 0.717) is 52.1 Å². The van der Waals surface area contributed by atoms with Crippen LogP contribution in [-0.2, 0) is 25.7 Å². The van der Waals surface area contributed by atoms with Gasteiger partial charge in [-0.05, 0) is 74.2 Å². The Morgan fingerprint density at radius 2 is 0.500 bits per heavy atom. The average molecular weight is 1020 g/mol. The van der Waals surface area contributed by atoms with E-state index in [1.807, 2.05) is 0 Å². The van der Waals surface area contributed by atoms with E-state index in [2.05, 4.69) is 140 Å². The number of hydrogen-bond donors (Lipinski definition) is 0. The number of unbranched alkanes of at least 4 members (excludes halogenated alkanes) is 8. The van der Waals surface area contributed by atoms with Crippen molar-refractivity contribution in [3.8, 4) is 23.0 Å². The van der Waals surface area contributed by atoms with E-state index >= 15 is 0 Å². The van der Waals surface area contributed by atoms with Gasteiger partial charge in [0.1, 0.15) is 23.0 Å². The minimum Gasteiger partial charge on any atom is -0.493 e. The van der Waals surface area contributed by atoms with Gasteiger partial charge in [-0.25, -0.2) is 0 Å². The molecule has 8 bridgehead atoms. The fourth-order valence-electron chi connectivity index (χ4n) is 7.57. The summed E-state index contributed by atoms with van der Waals surface area (Å²) in [5.41, 5.74) is 9.15. The summed E-state index contributed by atoms with van der Waals surface area (Å²) < 4.78 is 31.6. The molecule has 0 amide bonds. The highest BCUT2D eigenvalue weighted by molar-refractivity contribution is 9.11. The largest absolute Gasteiger partial charge is 0.493 e. The molecule has 0 heterocycles. The molecule has 0 spiro atoms. The van der Waals surface area contributed by atoms with Gasteiger partial charge < -0.3 is 18.9 Å². The van der Waals surface area contributed by atoms with Crippen LogP contribution < -0.4 is 18.9 Å². The highest BCUT2D eigenvalue weighted by atomic mass is 79.9. The molecule has 0 fully saturated rings. The summed E-state index contributed by atoms with van der Waals surface area (Å²) in [7, 11) is 0. The Hall–Kier alpha value is -2.00. The Morgan fingerprint density at radius 1 is 0.321 bits per heavy atom. The first kappa shape index (κ1) is 45.1. The maximum Gasteiger partial charge on any atom is 0.126 e. The first-order valence-electron chi connectivity index (χ1n) is 21.0. The number of fused-ring (bicyclic) bond motifs is 8. The van der Waals surface area contributed by atoms with E-state index in [0.717, 1.165) is 162 Å². The molecule has 5 rings (SSSR count). The van der Waals surface area contributed by atoms with Crippen LogP contribution in [0.2, 0.25) is 0 Å². The Morgan fingerprint density at radius 3 is 0.661 bits per heavy atom. The van der Waals surface area contributed by atoms with Crippen molar-refractivity contribution in [2.45, 2.75) is 130 Å². The number of ether oxygens (including phenoxy) is 4. The van der Waals surface area contributed by atoms with Gasteiger partial charge in [0.2, 0.25) is 0 Å². The molecule has 0 aromatic heterocycles. The van der Waals surface area contributed by atoms with Gasteiger partial charge in [-0.15, -0.1) is 0 Å². The molecule has 0 radical (unpaired) electrons. The number of halogens is 4. The molecular weight excluding hydrogens is 960 g/mol. The van der Waals surface area contributed by atoms with Gasteiger partial charge in [0.05, 0.1) is 26.4 Å². The lowest BCUT2D eigenvalue weighted by molar-refractivity contribution is 0.294. The SMILES string of the molecule is CCCCCOc1c2cc(Br)cc1Cc1cc(Br)cc(c1OCCCCC)Cc1cc(Br)cc(c1OCCCCC)Cc1cc(Br)cc(c1OCCCCC)C2. The Balaban J connectivity index is 1.77.